The zero-order valence-corrected chi connectivity index (χ0v) is 14.0. The molecule has 4 rings (SSSR count). The van der Waals surface area contributed by atoms with Crippen LogP contribution < -0.4 is 5.73 Å². The van der Waals surface area contributed by atoms with Crippen LogP contribution in [0.25, 0.3) is 11.4 Å². The second-order valence-corrected chi connectivity index (χ2v) is 7.39. The first-order valence-electron chi connectivity index (χ1n) is 8.60. The Morgan fingerprint density at radius 2 is 2.12 bits per heavy atom. The summed E-state index contributed by atoms with van der Waals surface area (Å²) in [6, 6.07) is 7.57. The average molecular weight is 325 g/mol. The predicted octanol–water partition coefficient (Wildman–Crippen LogP) is 2.16. The second kappa shape index (κ2) is 5.70. The zero-order chi connectivity index (χ0) is 16.7. The number of carbonyl (C=O) groups is 1. The lowest BCUT2D eigenvalue weighted by Gasteiger charge is -2.22. The molecule has 126 valence electrons. The molecule has 2 heterocycles. The highest BCUT2D eigenvalue weighted by Gasteiger charge is 2.35. The third kappa shape index (κ3) is 2.82. The Morgan fingerprint density at radius 3 is 2.75 bits per heavy atom. The molecule has 1 atom stereocenters. The SMILES string of the molecule is CC1(CN)CCN(C(=O)c2ccc(-c3n[nH]c(C4CC4)n3)cc2)C1. The number of hydrogen-bond acceptors (Lipinski definition) is 4. The average Bonchev–Trinajstić information content (AvgIpc) is 3.21. The van der Waals surface area contributed by atoms with Crippen molar-refractivity contribution >= 4 is 5.91 Å². The number of amides is 1. The van der Waals surface area contributed by atoms with Crippen LogP contribution in [0.1, 0.15) is 48.3 Å². The Morgan fingerprint density at radius 1 is 1.38 bits per heavy atom. The molecule has 2 fully saturated rings. The molecule has 6 heteroatoms. The van der Waals surface area contributed by atoms with Crippen LogP contribution in [0.3, 0.4) is 0 Å². The molecule has 6 nitrogen and oxygen atoms in total. The maximum Gasteiger partial charge on any atom is 0.253 e. The normalized spacial score (nSPS) is 23.7. The van der Waals surface area contributed by atoms with Gasteiger partial charge in [-0.15, -0.1) is 0 Å². The third-order valence-corrected chi connectivity index (χ3v) is 5.19. The van der Waals surface area contributed by atoms with Crippen molar-refractivity contribution in [1.82, 2.24) is 20.1 Å². The number of carbonyl (C=O) groups excluding carboxylic acids is 1. The third-order valence-electron chi connectivity index (χ3n) is 5.19. The van der Waals surface area contributed by atoms with E-state index in [0.29, 0.717) is 23.9 Å². The summed E-state index contributed by atoms with van der Waals surface area (Å²) >= 11 is 0. The lowest BCUT2D eigenvalue weighted by molar-refractivity contribution is 0.0777. The minimum atomic E-state index is 0.0494. The number of aromatic nitrogens is 3. The molecule has 1 saturated heterocycles. The van der Waals surface area contributed by atoms with E-state index < -0.39 is 0 Å². The highest BCUT2D eigenvalue weighted by atomic mass is 16.2. The summed E-state index contributed by atoms with van der Waals surface area (Å²) in [5, 5.41) is 7.30. The highest BCUT2D eigenvalue weighted by Crippen LogP contribution is 2.38. The lowest BCUT2D eigenvalue weighted by atomic mass is 9.90. The summed E-state index contributed by atoms with van der Waals surface area (Å²) in [7, 11) is 0. The van der Waals surface area contributed by atoms with E-state index in [2.05, 4.69) is 22.1 Å². The largest absolute Gasteiger partial charge is 0.338 e. The van der Waals surface area contributed by atoms with Crippen LogP contribution in [0.15, 0.2) is 24.3 Å². The van der Waals surface area contributed by atoms with Gasteiger partial charge in [0.1, 0.15) is 5.82 Å². The summed E-state index contributed by atoms with van der Waals surface area (Å²) in [6.45, 7) is 4.27. The topological polar surface area (TPSA) is 87.9 Å². The molecular formula is C18H23N5O. The summed E-state index contributed by atoms with van der Waals surface area (Å²) in [5.41, 5.74) is 7.52. The number of hydrogen-bond donors (Lipinski definition) is 2. The minimum absolute atomic E-state index is 0.0494. The van der Waals surface area contributed by atoms with E-state index >= 15 is 0 Å². The maximum atomic E-state index is 12.6. The van der Waals surface area contributed by atoms with Gasteiger partial charge in [0.2, 0.25) is 0 Å². The van der Waals surface area contributed by atoms with Crippen LogP contribution in [-0.4, -0.2) is 45.6 Å². The highest BCUT2D eigenvalue weighted by molar-refractivity contribution is 5.94. The molecule has 1 saturated carbocycles. The van der Waals surface area contributed by atoms with Gasteiger partial charge >= 0.3 is 0 Å². The number of likely N-dealkylation sites (tertiary alicyclic amines) is 1. The van der Waals surface area contributed by atoms with Gasteiger partial charge in [0.05, 0.1) is 0 Å². The lowest BCUT2D eigenvalue weighted by Crippen LogP contribution is -2.34. The fraction of sp³-hybridized carbons (Fsp3) is 0.500. The molecule has 1 aromatic heterocycles. The van der Waals surface area contributed by atoms with Crippen LogP contribution in [0.2, 0.25) is 0 Å². The maximum absolute atomic E-state index is 12.6. The first kappa shape index (κ1) is 15.3. The Bertz CT molecular complexity index is 749. The van der Waals surface area contributed by atoms with E-state index in [1.54, 1.807) is 0 Å². The Hall–Kier alpha value is -2.21. The summed E-state index contributed by atoms with van der Waals surface area (Å²) in [5.74, 6) is 2.31. The molecule has 0 bridgehead atoms. The Kier molecular flexibility index (Phi) is 3.64. The molecule has 1 unspecified atom stereocenters. The van der Waals surface area contributed by atoms with Gasteiger partial charge in [-0.25, -0.2) is 4.98 Å². The molecule has 1 aromatic carbocycles. The molecule has 3 N–H and O–H groups in total. The molecule has 0 radical (unpaired) electrons. The second-order valence-electron chi connectivity index (χ2n) is 7.39. The fourth-order valence-electron chi connectivity index (χ4n) is 3.25. The number of H-pyrrole nitrogens is 1. The van der Waals surface area contributed by atoms with Crippen molar-refractivity contribution in [2.75, 3.05) is 19.6 Å². The van der Waals surface area contributed by atoms with Crippen molar-refractivity contribution in [3.63, 3.8) is 0 Å². The minimum Gasteiger partial charge on any atom is -0.338 e. The smallest absolute Gasteiger partial charge is 0.253 e. The number of nitrogens with one attached hydrogen (secondary N) is 1. The van der Waals surface area contributed by atoms with E-state index in [4.69, 9.17) is 5.73 Å². The summed E-state index contributed by atoms with van der Waals surface area (Å²) in [4.78, 5) is 19.1. The van der Waals surface area contributed by atoms with E-state index in [1.807, 2.05) is 29.2 Å². The van der Waals surface area contributed by atoms with Crippen molar-refractivity contribution < 1.29 is 4.79 Å². The summed E-state index contributed by atoms with van der Waals surface area (Å²) < 4.78 is 0. The van der Waals surface area contributed by atoms with Crippen molar-refractivity contribution in [1.29, 1.82) is 0 Å². The van der Waals surface area contributed by atoms with Crippen LogP contribution in [-0.2, 0) is 0 Å². The molecule has 1 amide bonds. The number of aromatic amines is 1. The zero-order valence-electron chi connectivity index (χ0n) is 14.0. The molecule has 1 aliphatic carbocycles. The standard InChI is InChI=1S/C18H23N5O/c1-18(10-19)8-9-23(11-18)17(24)14-6-4-13(5-7-14)16-20-15(21-22-16)12-2-3-12/h4-7,12H,2-3,8-11,19H2,1H3,(H,20,21,22). The number of nitrogens with two attached hydrogens (primary N) is 1. The van der Waals surface area contributed by atoms with Gasteiger partial charge in [-0.2, -0.15) is 5.10 Å². The van der Waals surface area contributed by atoms with Crippen molar-refractivity contribution in [2.24, 2.45) is 11.1 Å². The van der Waals surface area contributed by atoms with Gasteiger partial charge in [-0.1, -0.05) is 19.1 Å². The van der Waals surface area contributed by atoms with Crippen LogP contribution in [0.5, 0.6) is 0 Å². The van der Waals surface area contributed by atoms with Gasteiger partial charge in [0.25, 0.3) is 5.91 Å². The van der Waals surface area contributed by atoms with Gasteiger partial charge in [-0.05, 0) is 43.4 Å². The van der Waals surface area contributed by atoms with Gasteiger partial charge in [-0.3, -0.25) is 9.89 Å². The number of benzene rings is 1. The first-order valence-corrected chi connectivity index (χ1v) is 8.60. The molecule has 2 aromatic rings. The monoisotopic (exact) mass is 325 g/mol. The van der Waals surface area contributed by atoms with Crippen LogP contribution in [0, 0.1) is 5.41 Å². The predicted molar refractivity (Wildman–Crippen MR) is 91.5 cm³/mol. The van der Waals surface area contributed by atoms with Crippen molar-refractivity contribution in [3.05, 3.63) is 35.7 Å². The molecule has 24 heavy (non-hydrogen) atoms. The van der Waals surface area contributed by atoms with E-state index in [1.165, 1.54) is 12.8 Å². The van der Waals surface area contributed by atoms with Crippen molar-refractivity contribution in [3.8, 4) is 11.4 Å². The Labute approximate surface area is 141 Å². The van der Waals surface area contributed by atoms with Crippen molar-refractivity contribution in [2.45, 2.75) is 32.1 Å². The van der Waals surface area contributed by atoms with E-state index in [0.717, 1.165) is 30.9 Å². The fourth-order valence-corrected chi connectivity index (χ4v) is 3.25. The molecule has 1 aliphatic heterocycles. The van der Waals surface area contributed by atoms with E-state index in [9.17, 15) is 4.79 Å². The first-order chi connectivity index (χ1) is 11.6. The molecular weight excluding hydrogens is 302 g/mol. The van der Waals surface area contributed by atoms with Gasteiger partial charge in [0.15, 0.2) is 5.82 Å². The summed E-state index contributed by atoms with van der Waals surface area (Å²) in [6.07, 6.45) is 3.35. The van der Waals surface area contributed by atoms with Gasteiger partial charge in [0, 0.05) is 30.1 Å². The Balaban J connectivity index is 1.48. The molecule has 0 spiro atoms. The van der Waals surface area contributed by atoms with Crippen LogP contribution in [0.4, 0.5) is 0 Å². The van der Waals surface area contributed by atoms with E-state index in [-0.39, 0.29) is 11.3 Å². The number of rotatable bonds is 4. The molecule has 2 aliphatic rings. The quantitative estimate of drug-likeness (QED) is 0.901. The van der Waals surface area contributed by atoms with Gasteiger partial charge < -0.3 is 10.6 Å². The van der Waals surface area contributed by atoms with Crippen LogP contribution >= 0.6 is 0 Å². The number of nitrogens with zero attached hydrogens (tertiary/aromatic N) is 3.